The van der Waals surface area contributed by atoms with E-state index in [-0.39, 0.29) is 5.91 Å². The van der Waals surface area contributed by atoms with Gasteiger partial charge in [0.05, 0.1) is 5.71 Å². The number of ether oxygens (including phenoxy) is 1. The van der Waals surface area contributed by atoms with Gasteiger partial charge in [-0.1, -0.05) is 45.7 Å². The molecular weight excluding hydrogens is 440 g/mol. The molecule has 0 aromatic heterocycles. The first-order chi connectivity index (χ1) is 13.5. The maximum absolute atomic E-state index is 12.2. The summed E-state index contributed by atoms with van der Waals surface area (Å²) < 4.78 is 6.62. The summed E-state index contributed by atoms with van der Waals surface area (Å²) in [4.78, 5) is 12.2. The molecule has 1 amide bonds. The Kier molecular flexibility index (Phi) is 6.85. The quantitative estimate of drug-likeness (QED) is 0.374. The van der Waals surface area contributed by atoms with Crippen molar-refractivity contribution in [2.24, 2.45) is 5.10 Å². The molecule has 0 atom stereocenters. The van der Waals surface area contributed by atoms with E-state index in [4.69, 9.17) is 16.3 Å². The van der Waals surface area contributed by atoms with E-state index < -0.39 is 0 Å². The molecular formula is C22H18BrClN2O2. The van der Waals surface area contributed by atoms with E-state index >= 15 is 0 Å². The van der Waals surface area contributed by atoms with Gasteiger partial charge in [-0.25, -0.2) is 5.43 Å². The number of hydrazone groups is 1. The Balaban J connectivity index is 1.58. The molecule has 0 radical (unpaired) electrons. The highest BCUT2D eigenvalue weighted by molar-refractivity contribution is 9.10. The Morgan fingerprint density at radius 3 is 2.43 bits per heavy atom. The van der Waals surface area contributed by atoms with E-state index in [1.807, 2.05) is 61.5 Å². The van der Waals surface area contributed by atoms with Gasteiger partial charge in [0.1, 0.15) is 12.4 Å². The molecule has 4 nitrogen and oxygen atoms in total. The number of carbonyl (C=O) groups is 1. The summed E-state index contributed by atoms with van der Waals surface area (Å²) in [5.41, 5.74) is 5.76. The minimum atomic E-state index is -0.261. The van der Waals surface area contributed by atoms with Gasteiger partial charge >= 0.3 is 0 Å². The van der Waals surface area contributed by atoms with Crippen LogP contribution in [0.2, 0.25) is 5.02 Å². The fourth-order valence-corrected chi connectivity index (χ4v) is 2.96. The summed E-state index contributed by atoms with van der Waals surface area (Å²) in [7, 11) is 0. The molecule has 3 rings (SSSR count). The third kappa shape index (κ3) is 5.68. The summed E-state index contributed by atoms with van der Waals surface area (Å²) in [5.74, 6) is 0.494. The zero-order valence-corrected chi connectivity index (χ0v) is 17.5. The van der Waals surface area contributed by atoms with Crippen LogP contribution in [0.1, 0.15) is 28.4 Å². The molecule has 0 aliphatic carbocycles. The minimum absolute atomic E-state index is 0.261. The Hall–Kier alpha value is -2.63. The molecule has 0 fully saturated rings. The van der Waals surface area contributed by atoms with Gasteiger partial charge in [-0.15, -0.1) is 0 Å². The second kappa shape index (κ2) is 9.53. The normalized spacial score (nSPS) is 11.2. The van der Waals surface area contributed by atoms with E-state index in [0.29, 0.717) is 22.9 Å². The Bertz CT molecular complexity index is 986. The van der Waals surface area contributed by atoms with E-state index in [0.717, 1.165) is 21.3 Å². The maximum atomic E-state index is 12.2. The zero-order valence-electron chi connectivity index (χ0n) is 15.2. The lowest BCUT2D eigenvalue weighted by molar-refractivity contribution is 0.0955. The van der Waals surface area contributed by atoms with E-state index in [9.17, 15) is 4.79 Å². The highest BCUT2D eigenvalue weighted by atomic mass is 79.9. The molecule has 3 aromatic rings. The summed E-state index contributed by atoms with van der Waals surface area (Å²) in [6, 6.07) is 22.2. The predicted molar refractivity (Wildman–Crippen MR) is 116 cm³/mol. The van der Waals surface area contributed by atoms with Crippen molar-refractivity contribution in [3.05, 3.63) is 99.0 Å². The van der Waals surface area contributed by atoms with Crippen LogP contribution in [0.15, 0.2) is 82.4 Å². The first kappa shape index (κ1) is 20.1. The highest BCUT2D eigenvalue weighted by Crippen LogP contribution is 2.16. The molecule has 3 aromatic carbocycles. The van der Waals surface area contributed by atoms with Crippen molar-refractivity contribution >= 4 is 39.1 Å². The summed E-state index contributed by atoms with van der Waals surface area (Å²) in [6.45, 7) is 2.30. The number of halogens is 2. The second-order valence-electron chi connectivity index (χ2n) is 6.09. The van der Waals surface area contributed by atoms with Gasteiger partial charge in [0.15, 0.2) is 0 Å². The number of benzene rings is 3. The SMILES string of the molecule is CC(=NNC(=O)c1cccc(Br)c1)c1ccc(OCc2ccc(Cl)cc2)cc1. The van der Waals surface area contributed by atoms with Gasteiger partial charge in [0.25, 0.3) is 5.91 Å². The van der Waals surface area contributed by atoms with Crippen LogP contribution in [0, 0.1) is 0 Å². The second-order valence-corrected chi connectivity index (χ2v) is 7.44. The van der Waals surface area contributed by atoms with Crippen molar-refractivity contribution in [1.29, 1.82) is 0 Å². The van der Waals surface area contributed by atoms with Crippen LogP contribution in [0.3, 0.4) is 0 Å². The van der Waals surface area contributed by atoms with Gasteiger partial charge in [0.2, 0.25) is 0 Å². The molecule has 1 N–H and O–H groups in total. The highest BCUT2D eigenvalue weighted by Gasteiger charge is 2.05. The van der Waals surface area contributed by atoms with Gasteiger partial charge in [-0.2, -0.15) is 5.10 Å². The number of carbonyl (C=O) groups excluding carboxylic acids is 1. The molecule has 0 aliphatic rings. The fourth-order valence-electron chi connectivity index (χ4n) is 2.43. The Morgan fingerprint density at radius 2 is 1.75 bits per heavy atom. The molecule has 0 saturated heterocycles. The lowest BCUT2D eigenvalue weighted by Crippen LogP contribution is -2.19. The molecule has 6 heteroatoms. The van der Waals surface area contributed by atoms with Crippen LogP contribution in [0.5, 0.6) is 5.75 Å². The molecule has 0 heterocycles. The van der Waals surface area contributed by atoms with Crippen molar-refractivity contribution < 1.29 is 9.53 Å². The minimum Gasteiger partial charge on any atom is -0.489 e. The summed E-state index contributed by atoms with van der Waals surface area (Å²) >= 11 is 9.23. The zero-order chi connectivity index (χ0) is 19.9. The van der Waals surface area contributed by atoms with E-state index in [1.54, 1.807) is 18.2 Å². The van der Waals surface area contributed by atoms with E-state index in [1.165, 1.54) is 0 Å². The third-order valence-corrected chi connectivity index (χ3v) is 4.75. The van der Waals surface area contributed by atoms with Gasteiger partial charge < -0.3 is 4.74 Å². The molecule has 28 heavy (non-hydrogen) atoms. The van der Waals surface area contributed by atoms with Crippen molar-refractivity contribution in [1.82, 2.24) is 5.43 Å². The summed E-state index contributed by atoms with van der Waals surface area (Å²) in [6.07, 6.45) is 0. The third-order valence-electron chi connectivity index (χ3n) is 4.00. The average Bonchev–Trinajstić information content (AvgIpc) is 2.71. The molecule has 142 valence electrons. The van der Waals surface area contributed by atoms with Gasteiger partial charge in [-0.05, 0) is 72.6 Å². The molecule has 0 saturated carbocycles. The largest absolute Gasteiger partial charge is 0.489 e. The van der Waals surface area contributed by atoms with Crippen molar-refractivity contribution in [2.75, 3.05) is 0 Å². The van der Waals surface area contributed by atoms with Crippen molar-refractivity contribution in [3.63, 3.8) is 0 Å². The van der Waals surface area contributed by atoms with Crippen LogP contribution in [0.4, 0.5) is 0 Å². The predicted octanol–water partition coefficient (Wildman–Crippen LogP) is 5.84. The smallest absolute Gasteiger partial charge is 0.271 e. The van der Waals surface area contributed by atoms with Crippen LogP contribution in [-0.2, 0) is 6.61 Å². The average molecular weight is 458 g/mol. The number of hydrogen-bond donors (Lipinski definition) is 1. The first-order valence-corrected chi connectivity index (χ1v) is 9.76. The number of nitrogens with one attached hydrogen (secondary N) is 1. The maximum Gasteiger partial charge on any atom is 0.271 e. The number of nitrogens with zero attached hydrogens (tertiary/aromatic N) is 1. The van der Waals surface area contributed by atoms with E-state index in [2.05, 4.69) is 26.5 Å². The van der Waals surface area contributed by atoms with Gasteiger partial charge in [-0.3, -0.25) is 4.79 Å². The molecule has 0 bridgehead atoms. The molecule has 0 aliphatic heterocycles. The lowest BCUT2D eigenvalue weighted by Gasteiger charge is -2.08. The monoisotopic (exact) mass is 456 g/mol. The standard InChI is InChI=1S/C22H18BrClN2O2/c1-15(25-26-22(27)18-3-2-4-19(23)13-18)17-7-11-21(12-8-17)28-14-16-5-9-20(24)10-6-16/h2-13H,14H2,1H3,(H,26,27). The fraction of sp³-hybridized carbons (Fsp3) is 0.0909. The molecule has 0 unspecified atom stereocenters. The number of hydrogen-bond acceptors (Lipinski definition) is 3. The van der Waals surface area contributed by atoms with Crippen LogP contribution in [0.25, 0.3) is 0 Å². The lowest BCUT2D eigenvalue weighted by atomic mass is 10.1. The van der Waals surface area contributed by atoms with Crippen molar-refractivity contribution in [2.45, 2.75) is 13.5 Å². The number of amides is 1. The van der Waals surface area contributed by atoms with Crippen molar-refractivity contribution in [3.8, 4) is 5.75 Å². The Morgan fingerprint density at radius 1 is 1.04 bits per heavy atom. The topological polar surface area (TPSA) is 50.7 Å². The first-order valence-electron chi connectivity index (χ1n) is 8.59. The van der Waals surface area contributed by atoms with Crippen LogP contribution in [-0.4, -0.2) is 11.6 Å². The molecule has 0 spiro atoms. The summed E-state index contributed by atoms with van der Waals surface area (Å²) in [5, 5.41) is 4.88. The Labute approximate surface area is 177 Å². The van der Waals surface area contributed by atoms with Crippen LogP contribution < -0.4 is 10.2 Å². The van der Waals surface area contributed by atoms with Crippen LogP contribution >= 0.6 is 27.5 Å². The number of rotatable bonds is 6. The van der Waals surface area contributed by atoms with Gasteiger partial charge in [0, 0.05) is 15.1 Å².